The van der Waals surface area contributed by atoms with E-state index in [2.05, 4.69) is 26.7 Å². The largest absolute Gasteiger partial charge is 0.493 e. The molecule has 0 spiro atoms. The van der Waals surface area contributed by atoms with Gasteiger partial charge in [-0.1, -0.05) is 0 Å². The van der Waals surface area contributed by atoms with Gasteiger partial charge in [-0.25, -0.2) is 9.37 Å². The Labute approximate surface area is 147 Å². The summed E-state index contributed by atoms with van der Waals surface area (Å²) < 4.78 is 23.9. The lowest BCUT2D eigenvalue weighted by atomic mass is 10.1. The van der Waals surface area contributed by atoms with Crippen molar-refractivity contribution in [2.45, 2.75) is 19.5 Å². The highest BCUT2D eigenvalue weighted by molar-refractivity contribution is 5.43. The first kappa shape index (κ1) is 17.4. The Kier molecular flexibility index (Phi) is 5.33. The van der Waals surface area contributed by atoms with Crippen molar-refractivity contribution in [1.82, 2.24) is 14.9 Å². The molecule has 1 unspecified atom stereocenters. The van der Waals surface area contributed by atoms with E-state index in [0.717, 1.165) is 31.1 Å². The van der Waals surface area contributed by atoms with Crippen LogP contribution in [0.5, 0.6) is 11.5 Å². The zero-order valence-electron chi connectivity index (χ0n) is 14.8. The molecule has 1 saturated heterocycles. The van der Waals surface area contributed by atoms with Gasteiger partial charge in [0.25, 0.3) is 0 Å². The third-order valence-corrected chi connectivity index (χ3v) is 4.46. The molecule has 0 radical (unpaired) electrons. The lowest BCUT2D eigenvalue weighted by molar-refractivity contribution is 0.214. The van der Waals surface area contributed by atoms with Crippen molar-refractivity contribution in [2.75, 3.05) is 38.8 Å². The van der Waals surface area contributed by atoms with Crippen LogP contribution in [-0.4, -0.2) is 54.8 Å². The van der Waals surface area contributed by atoms with Crippen LogP contribution in [0.25, 0.3) is 0 Å². The number of nitrogens with zero attached hydrogens (tertiary/aromatic N) is 4. The predicted octanol–water partition coefficient (Wildman–Crippen LogP) is 2.34. The number of pyridine rings is 2. The molecule has 3 heterocycles. The molecule has 0 saturated carbocycles. The summed E-state index contributed by atoms with van der Waals surface area (Å²) in [5.74, 6) is 1.87. The van der Waals surface area contributed by atoms with Gasteiger partial charge in [-0.05, 0) is 19.1 Å². The Morgan fingerprint density at radius 1 is 1.16 bits per heavy atom. The van der Waals surface area contributed by atoms with Crippen LogP contribution in [0.3, 0.4) is 0 Å². The quantitative estimate of drug-likeness (QED) is 0.828. The minimum atomic E-state index is -0.314. The van der Waals surface area contributed by atoms with Gasteiger partial charge in [0.1, 0.15) is 17.3 Å². The maximum absolute atomic E-state index is 13.1. The van der Waals surface area contributed by atoms with Crippen molar-refractivity contribution < 1.29 is 13.9 Å². The second-order valence-corrected chi connectivity index (χ2v) is 6.11. The topological polar surface area (TPSA) is 50.7 Å². The fourth-order valence-electron chi connectivity index (χ4n) is 3.23. The molecule has 1 aliphatic rings. The molecule has 0 aromatic carbocycles. The number of methoxy groups -OCH3 is 2. The van der Waals surface area contributed by atoms with Crippen LogP contribution in [0, 0.1) is 5.82 Å². The number of aromatic nitrogens is 2. The smallest absolute Gasteiger partial charge is 0.183 e. The zero-order chi connectivity index (χ0) is 17.8. The van der Waals surface area contributed by atoms with Crippen LogP contribution < -0.4 is 14.4 Å². The number of hydrogen-bond acceptors (Lipinski definition) is 6. The van der Waals surface area contributed by atoms with Gasteiger partial charge in [0.05, 0.1) is 20.4 Å². The first-order chi connectivity index (χ1) is 12.1. The normalized spacial score (nSPS) is 18.2. The third-order valence-electron chi connectivity index (χ3n) is 4.46. The van der Waals surface area contributed by atoms with Crippen LogP contribution in [0.4, 0.5) is 10.2 Å². The molecule has 0 aliphatic carbocycles. The van der Waals surface area contributed by atoms with Gasteiger partial charge in [0.2, 0.25) is 0 Å². The molecule has 0 bridgehead atoms. The van der Waals surface area contributed by atoms with E-state index in [0.29, 0.717) is 18.0 Å². The first-order valence-corrected chi connectivity index (χ1v) is 8.28. The molecule has 25 heavy (non-hydrogen) atoms. The SMILES string of the molecule is COc1ccnc(CN2CCN(c3ccc(F)cn3)C(C)C2)c1OC. The number of halogens is 1. The molecule has 2 aromatic heterocycles. The zero-order valence-corrected chi connectivity index (χ0v) is 14.8. The van der Waals surface area contributed by atoms with Crippen LogP contribution in [0.2, 0.25) is 0 Å². The predicted molar refractivity (Wildman–Crippen MR) is 93.6 cm³/mol. The molecule has 1 aliphatic heterocycles. The number of rotatable bonds is 5. The third kappa shape index (κ3) is 3.82. The van der Waals surface area contributed by atoms with Gasteiger partial charge in [-0.15, -0.1) is 0 Å². The average Bonchev–Trinajstić information content (AvgIpc) is 2.62. The number of ether oxygens (including phenoxy) is 2. The van der Waals surface area contributed by atoms with E-state index in [-0.39, 0.29) is 11.9 Å². The lowest BCUT2D eigenvalue weighted by Crippen LogP contribution is -2.52. The van der Waals surface area contributed by atoms with Gasteiger partial charge < -0.3 is 14.4 Å². The molecule has 3 rings (SSSR count). The molecule has 6 nitrogen and oxygen atoms in total. The van der Waals surface area contributed by atoms with Crippen molar-refractivity contribution in [3.8, 4) is 11.5 Å². The molecular weight excluding hydrogens is 323 g/mol. The van der Waals surface area contributed by atoms with Crippen molar-refractivity contribution in [1.29, 1.82) is 0 Å². The van der Waals surface area contributed by atoms with E-state index in [1.165, 1.54) is 12.3 Å². The van der Waals surface area contributed by atoms with Crippen molar-refractivity contribution >= 4 is 5.82 Å². The second kappa shape index (κ2) is 7.65. The van der Waals surface area contributed by atoms with Gasteiger partial charge in [0.15, 0.2) is 11.5 Å². The van der Waals surface area contributed by atoms with Crippen LogP contribution >= 0.6 is 0 Å². The Morgan fingerprint density at radius 2 is 2.00 bits per heavy atom. The molecule has 134 valence electrons. The van der Waals surface area contributed by atoms with Gasteiger partial charge in [-0.2, -0.15) is 0 Å². The van der Waals surface area contributed by atoms with Crippen molar-refractivity contribution in [3.05, 3.63) is 42.1 Å². The van der Waals surface area contributed by atoms with E-state index >= 15 is 0 Å². The molecular formula is C18H23FN4O2. The summed E-state index contributed by atoms with van der Waals surface area (Å²) in [7, 11) is 3.25. The number of anilines is 1. The fraction of sp³-hybridized carbons (Fsp3) is 0.444. The molecule has 1 atom stereocenters. The summed E-state index contributed by atoms with van der Waals surface area (Å²) in [5, 5.41) is 0. The number of hydrogen-bond donors (Lipinski definition) is 0. The summed E-state index contributed by atoms with van der Waals surface area (Å²) in [6.07, 6.45) is 3.00. The van der Waals surface area contributed by atoms with E-state index in [4.69, 9.17) is 9.47 Å². The molecule has 1 fully saturated rings. The van der Waals surface area contributed by atoms with Gasteiger partial charge in [0, 0.05) is 44.5 Å². The van der Waals surface area contributed by atoms with E-state index in [9.17, 15) is 4.39 Å². The molecule has 0 amide bonds. The first-order valence-electron chi connectivity index (χ1n) is 8.28. The number of piperazine rings is 1. The fourth-order valence-corrected chi connectivity index (χ4v) is 3.23. The Hall–Kier alpha value is -2.41. The highest BCUT2D eigenvalue weighted by Crippen LogP contribution is 2.30. The molecule has 0 N–H and O–H groups in total. The van der Waals surface area contributed by atoms with E-state index in [1.807, 2.05) is 0 Å². The highest BCUT2D eigenvalue weighted by atomic mass is 19.1. The van der Waals surface area contributed by atoms with E-state index < -0.39 is 0 Å². The Bertz CT molecular complexity index is 711. The molecule has 7 heteroatoms. The van der Waals surface area contributed by atoms with Crippen LogP contribution in [0.1, 0.15) is 12.6 Å². The van der Waals surface area contributed by atoms with Crippen LogP contribution in [-0.2, 0) is 6.54 Å². The van der Waals surface area contributed by atoms with Crippen LogP contribution in [0.15, 0.2) is 30.6 Å². The summed E-state index contributed by atoms with van der Waals surface area (Å²) in [6.45, 7) is 5.39. The van der Waals surface area contributed by atoms with Gasteiger partial charge in [-0.3, -0.25) is 9.88 Å². The standard InChI is InChI=1S/C18H23FN4O2/c1-13-11-22(8-9-23(13)17-5-4-14(19)10-21-17)12-15-18(25-3)16(24-2)6-7-20-15/h4-7,10,13H,8-9,11-12H2,1-3H3. The van der Waals surface area contributed by atoms with Crippen molar-refractivity contribution in [3.63, 3.8) is 0 Å². The average molecular weight is 346 g/mol. The van der Waals surface area contributed by atoms with Gasteiger partial charge >= 0.3 is 0 Å². The highest BCUT2D eigenvalue weighted by Gasteiger charge is 2.26. The van der Waals surface area contributed by atoms with E-state index in [1.54, 1.807) is 32.5 Å². The maximum Gasteiger partial charge on any atom is 0.183 e. The molecule has 2 aromatic rings. The van der Waals surface area contributed by atoms with Crippen molar-refractivity contribution in [2.24, 2.45) is 0 Å². The summed E-state index contributed by atoms with van der Waals surface area (Å²) >= 11 is 0. The lowest BCUT2D eigenvalue weighted by Gasteiger charge is -2.40. The Morgan fingerprint density at radius 3 is 2.64 bits per heavy atom. The Balaban J connectivity index is 1.68. The minimum Gasteiger partial charge on any atom is -0.493 e. The monoisotopic (exact) mass is 346 g/mol. The summed E-state index contributed by atoms with van der Waals surface area (Å²) in [4.78, 5) is 13.2. The summed E-state index contributed by atoms with van der Waals surface area (Å²) in [6, 6.07) is 5.24. The maximum atomic E-state index is 13.1. The summed E-state index contributed by atoms with van der Waals surface area (Å²) in [5.41, 5.74) is 0.863. The minimum absolute atomic E-state index is 0.267. The second-order valence-electron chi connectivity index (χ2n) is 6.11.